The van der Waals surface area contributed by atoms with Crippen LogP contribution in [0.1, 0.15) is 16.2 Å². The highest BCUT2D eigenvalue weighted by Gasteiger charge is 2.14. The van der Waals surface area contributed by atoms with E-state index in [2.05, 4.69) is 31.6 Å². The van der Waals surface area contributed by atoms with E-state index in [4.69, 9.17) is 4.42 Å². The first-order chi connectivity index (χ1) is 9.47. The van der Waals surface area contributed by atoms with E-state index in [0.717, 1.165) is 6.21 Å². The molecule has 10 heteroatoms. The first-order valence-corrected chi connectivity index (χ1v) is 6.03. The van der Waals surface area contributed by atoms with E-state index in [1.807, 2.05) is 0 Å². The number of furan rings is 1. The number of rotatable bonds is 4. The Morgan fingerprint density at radius 3 is 2.95 bits per heavy atom. The Morgan fingerprint density at radius 1 is 1.65 bits per heavy atom. The van der Waals surface area contributed by atoms with Crippen LogP contribution < -0.4 is 5.43 Å². The van der Waals surface area contributed by atoms with Gasteiger partial charge in [-0.15, -0.1) is 0 Å². The number of carbonyl (C=O) groups excluding carboxylic acids is 1. The highest BCUT2D eigenvalue weighted by Crippen LogP contribution is 2.14. The van der Waals surface area contributed by atoms with Crippen molar-refractivity contribution >= 4 is 33.9 Å². The van der Waals surface area contributed by atoms with Gasteiger partial charge in [-0.05, 0) is 22.0 Å². The molecule has 0 aliphatic heterocycles. The van der Waals surface area contributed by atoms with E-state index in [-0.39, 0.29) is 11.5 Å². The van der Waals surface area contributed by atoms with Crippen molar-refractivity contribution in [3.8, 4) is 0 Å². The quantitative estimate of drug-likeness (QED) is 0.513. The number of carbonyl (C=O) groups is 1. The Balaban J connectivity index is 2.00. The summed E-state index contributed by atoms with van der Waals surface area (Å²) in [6.07, 6.45) is 2.77. The van der Waals surface area contributed by atoms with Gasteiger partial charge in [0.15, 0.2) is 11.5 Å². The third-order valence-corrected chi connectivity index (χ3v) is 2.73. The summed E-state index contributed by atoms with van der Waals surface area (Å²) >= 11 is 3.18. The van der Waals surface area contributed by atoms with Crippen molar-refractivity contribution < 1.29 is 14.1 Å². The van der Waals surface area contributed by atoms with Crippen molar-refractivity contribution in [2.45, 2.75) is 0 Å². The molecule has 2 heterocycles. The molecule has 0 atom stereocenters. The predicted octanol–water partition coefficient (Wildman–Crippen LogP) is 1.45. The molecule has 104 valence electrons. The number of amides is 1. The number of nitro groups is 1. The van der Waals surface area contributed by atoms with Crippen LogP contribution in [-0.2, 0) is 7.05 Å². The van der Waals surface area contributed by atoms with Crippen molar-refractivity contribution in [1.82, 2.24) is 15.2 Å². The van der Waals surface area contributed by atoms with Gasteiger partial charge >= 0.3 is 5.88 Å². The summed E-state index contributed by atoms with van der Waals surface area (Å²) in [4.78, 5) is 21.5. The highest BCUT2D eigenvalue weighted by atomic mass is 79.9. The van der Waals surface area contributed by atoms with Crippen molar-refractivity contribution in [3.63, 3.8) is 0 Å². The van der Waals surface area contributed by atoms with E-state index < -0.39 is 16.7 Å². The maximum Gasteiger partial charge on any atom is 0.433 e. The van der Waals surface area contributed by atoms with Gasteiger partial charge in [0.1, 0.15) is 4.92 Å². The molecule has 0 saturated carbocycles. The summed E-state index contributed by atoms with van der Waals surface area (Å²) in [6.45, 7) is 0. The number of nitrogens with one attached hydrogen (secondary N) is 1. The fourth-order valence-corrected chi connectivity index (χ4v) is 1.89. The van der Waals surface area contributed by atoms with Crippen LogP contribution in [0.2, 0.25) is 0 Å². The van der Waals surface area contributed by atoms with Gasteiger partial charge in [0.05, 0.1) is 16.8 Å². The average Bonchev–Trinajstić information content (AvgIpc) is 2.96. The second-order valence-corrected chi connectivity index (χ2v) is 4.49. The molecule has 2 aromatic heterocycles. The minimum atomic E-state index is -0.666. The molecule has 0 bridgehead atoms. The van der Waals surface area contributed by atoms with Gasteiger partial charge in [0, 0.05) is 13.2 Å². The summed E-state index contributed by atoms with van der Waals surface area (Å²) in [5.74, 6) is -0.767. The lowest BCUT2D eigenvalue weighted by atomic mass is 10.4. The number of hydrogen-bond acceptors (Lipinski definition) is 6. The van der Waals surface area contributed by atoms with Crippen LogP contribution in [0.3, 0.4) is 0 Å². The van der Waals surface area contributed by atoms with Gasteiger partial charge in [0.25, 0.3) is 5.91 Å². The first-order valence-electron chi connectivity index (χ1n) is 5.24. The Hall–Kier alpha value is -2.49. The third-order valence-electron chi connectivity index (χ3n) is 2.15. The molecular formula is C10H8BrN5O4. The van der Waals surface area contributed by atoms with Crippen LogP contribution in [0.4, 0.5) is 5.88 Å². The van der Waals surface area contributed by atoms with Crippen LogP contribution in [0.25, 0.3) is 0 Å². The van der Waals surface area contributed by atoms with Crippen LogP contribution in [0.5, 0.6) is 0 Å². The molecule has 1 N–H and O–H groups in total. The SMILES string of the molecule is Cn1cc(Br)c(C(=O)N/N=C\c2ccc([N+](=O)[O-])o2)n1. The standard InChI is InChI=1S/C10H8BrN5O4/c1-15-5-7(11)9(14-15)10(17)13-12-4-6-2-3-8(20-6)16(18)19/h2-5H,1H3,(H,13,17)/b12-4-. The normalized spacial score (nSPS) is 10.9. The number of aromatic nitrogens is 2. The Morgan fingerprint density at radius 2 is 2.40 bits per heavy atom. The highest BCUT2D eigenvalue weighted by molar-refractivity contribution is 9.10. The van der Waals surface area contributed by atoms with Crippen molar-refractivity contribution in [1.29, 1.82) is 0 Å². The lowest BCUT2D eigenvalue weighted by Crippen LogP contribution is -2.18. The minimum Gasteiger partial charge on any atom is -0.400 e. The van der Waals surface area contributed by atoms with E-state index >= 15 is 0 Å². The summed E-state index contributed by atoms with van der Waals surface area (Å²) in [7, 11) is 1.67. The lowest BCUT2D eigenvalue weighted by Gasteiger charge is -1.95. The van der Waals surface area contributed by atoms with Gasteiger partial charge in [0.2, 0.25) is 0 Å². The first kappa shape index (κ1) is 13.9. The minimum absolute atomic E-state index is 0.150. The zero-order valence-corrected chi connectivity index (χ0v) is 11.7. The van der Waals surface area contributed by atoms with E-state index in [1.54, 1.807) is 13.2 Å². The second-order valence-electron chi connectivity index (χ2n) is 3.63. The number of nitrogens with zero attached hydrogens (tertiary/aromatic N) is 4. The number of halogens is 1. The van der Waals surface area contributed by atoms with E-state index in [9.17, 15) is 14.9 Å². The van der Waals surface area contributed by atoms with Gasteiger partial charge in [-0.25, -0.2) is 5.43 Å². The van der Waals surface area contributed by atoms with Gasteiger partial charge in [-0.3, -0.25) is 19.6 Å². The molecule has 0 unspecified atom stereocenters. The molecule has 20 heavy (non-hydrogen) atoms. The van der Waals surface area contributed by atoms with Crippen LogP contribution in [0, 0.1) is 10.1 Å². The molecule has 0 aliphatic rings. The van der Waals surface area contributed by atoms with Crippen LogP contribution in [-0.4, -0.2) is 26.8 Å². The molecular weight excluding hydrogens is 334 g/mol. The Kier molecular flexibility index (Phi) is 3.94. The summed E-state index contributed by atoms with van der Waals surface area (Å²) in [6, 6.07) is 2.56. The topological polar surface area (TPSA) is 116 Å². The zero-order valence-electron chi connectivity index (χ0n) is 10.1. The Labute approximate surface area is 120 Å². The number of aryl methyl sites for hydroxylation is 1. The maximum atomic E-state index is 11.7. The zero-order chi connectivity index (χ0) is 14.7. The smallest absolute Gasteiger partial charge is 0.400 e. The monoisotopic (exact) mass is 341 g/mol. The molecule has 0 radical (unpaired) electrons. The summed E-state index contributed by atoms with van der Waals surface area (Å²) in [5, 5.41) is 18.0. The van der Waals surface area contributed by atoms with E-state index in [0.29, 0.717) is 4.47 Å². The molecule has 2 rings (SSSR count). The summed E-state index contributed by atoms with van der Waals surface area (Å²) in [5.41, 5.74) is 2.41. The molecule has 0 aromatic carbocycles. The Bertz CT molecular complexity index is 690. The van der Waals surface area contributed by atoms with Crippen LogP contribution in [0.15, 0.2) is 32.3 Å². The van der Waals surface area contributed by atoms with Gasteiger partial charge < -0.3 is 4.42 Å². The number of hydrazone groups is 1. The number of hydrogen-bond donors (Lipinski definition) is 1. The van der Waals surface area contributed by atoms with Gasteiger partial charge in [-0.2, -0.15) is 10.2 Å². The molecule has 0 spiro atoms. The third kappa shape index (κ3) is 3.09. The van der Waals surface area contributed by atoms with Crippen LogP contribution >= 0.6 is 15.9 Å². The fourth-order valence-electron chi connectivity index (χ4n) is 1.33. The average molecular weight is 342 g/mol. The van der Waals surface area contributed by atoms with Gasteiger partial charge in [-0.1, -0.05) is 0 Å². The lowest BCUT2D eigenvalue weighted by molar-refractivity contribution is -0.402. The molecule has 9 nitrogen and oxygen atoms in total. The molecule has 0 fully saturated rings. The van der Waals surface area contributed by atoms with Crippen molar-refractivity contribution in [2.75, 3.05) is 0 Å². The molecule has 1 amide bonds. The molecule has 0 saturated heterocycles. The fraction of sp³-hybridized carbons (Fsp3) is 0.100. The summed E-state index contributed by atoms with van der Waals surface area (Å²) < 4.78 is 6.83. The van der Waals surface area contributed by atoms with E-state index in [1.165, 1.54) is 16.8 Å². The van der Waals surface area contributed by atoms with Crippen molar-refractivity contribution in [2.24, 2.45) is 12.1 Å². The largest absolute Gasteiger partial charge is 0.433 e. The molecule has 0 aliphatic carbocycles. The van der Waals surface area contributed by atoms with Crippen molar-refractivity contribution in [3.05, 3.63) is 44.4 Å². The predicted molar refractivity (Wildman–Crippen MR) is 71.3 cm³/mol. The second kappa shape index (κ2) is 5.65. The maximum absolute atomic E-state index is 11.7. The molecule has 2 aromatic rings.